The number of hydrogen-bond acceptors (Lipinski definition) is 5. The molecule has 6 nitrogen and oxygen atoms in total. The fourth-order valence-electron chi connectivity index (χ4n) is 1.49. The summed E-state index contributed by atoms with van der Waals surface area (Å²) in [5, 5.41) is 0. The van der Waals surface area contributed by atoms with Crippen molar-refractivity contribution >= 4 is 6.09 Å². The van der Waals surface area contributed by atoms with Crippen LogP contribution in [-0.4, -0.2) is 50.1 Å². The van der Waals surface area contributed by atoms with Crippen molar-refractivity contribution in [2.24, 2.45) is 11.5 Å². The first kappa shape index (κ1) is 20.0. The molecule has 0 aliphatic heterocycles. The van der Waals surface area contributed by atoms with Crippen LogP contribution < -0.4 is 11.5 Å². The molecule has 0 radical (unpaired) electrons. The van der Waals surface area contributed by atoms with Gasteiger partial charge in [0.2, 0.25) is 5.85 Å². The summed E-state index contributed by atoms with van der Waals surface area (Å²) in [5.41, 5.74) is 9.09. The highest BCUT2D eigenvalue weighted by Gasteiger charge is 2.34. The van der Waals surface area contributed by atoms with E-state index in [4.69, 9.17) is 20.9 Å². The van der Waals surface area contributed by atoms with Gasteiger partial charge in [-0.15, -0.1) is 0 Å². The van der Waals surface area contributed by atoms with Crippen molar-refractivity contribution in [2.75, 3.05) is 26.4 Å². The number of ether oxygens (including phenoxy) is 3. The number of nitrogens with two attached hydrogens (primary N) is 2. The molecule has 0 heterocycles. The molecule has 126 valence electrons. The van der Waals surface area contributed by atoms with Gasteiger partial charge in [0, 0.05) is 19.4 Å². The monoisotopic (exact) mass is 312 g/mol. The van der Waals surface area contributed by atoms with E-state index in [9.17, 15) is 13.6 Å². The summed E-state index contributed by atoms with van der Waals surface area (Å²) in [6.07, 6.45) is -2.22. The Morgan fingerprint density at radius 1 is 1.29 bits per heavy atom. The van der Waals surface area contributed by atoms with E-state index in [1.807, 2.05) is 0 Å². The van der Waals surface area contributed by atoms with E-state index in [0.29, 0.717) is 0 Å². The second-order valence-corrected chi connectivity index (χ2v) is 4.98. The Labute approximate surface area is 124 Å². The molecule has 0 saturated heterocycles. The normalized spacial score (nSPS) is 18.6. The largest absolute Gasteiger partial charge is 0.447 e. The number of amides is 1. The first-order valence-corrected chi connectivity index (χ1v) is 6.92. The molecule has 3 unspecified atom stereocenters. The molecule has 8 heteroatoms. The van der Waals surface area contributed by atoms with Crippen LogP contribution in [0.3, 0.4) is 0 Å². The van der Waals surface area contributed by atoms with Gasteiger partial charge in [0.25, 0.3) is 0 Å². The number of carbonyl (C=O) groups is 1. The average Bonchev–Trinajstić information content (AvgIpc) is 2.43. The Bertz CT molecular complexity index is 321. The molecule has 0 aromatic carbocycles. The summed E-state index contributed by atoms with van der Waals surface area (Å²) in [6.45, 7) is 4.17. The third-order valence-electron chi connectivity index (χ3n) is 3.37. The quantitative estimate of drug-likeness (QED) is 0.565. The van der Waals surface area contributed by atoms with Gasteiger partial charge in [-0.05, 0) is 13.8 Å². The van der Waals surface area contributed by atoms with E-state index in [1.54, 1.807) is 6.92 Å². The van der Waals surface area contributed by atoms with Crippen LogP contribution >= 0.6 is 0 Å². The Balaban J connectivity index is 4.20. The maximum atomic E-state index is 14.3. The molecular weight excluding hydrogens is 286 g/mol. The summed E-state index contributed by atoms with van der Waals surface area (Å²) in [4.78, 5) is 10.4. The number of rotatable bonds is 11. The summed E-state index contributed by atoms with van der Waals surface area (Å²) < 4.78 is 42.5. The molecule has 0 aliphatic carbocycles. The number of carbonyl (C=O) groups excluding carboxylic acids is 1. The zero-order valence-electron chi connectivity index (χ0n) is 12.9. The van der Waals surface area contributed by atoms with E-state index >= 15 is 0 Å². The molecular formula is C13H26F2N2O4. The van der Waals surface area contributed by atoms with Gasteiger partial charge in [-0.2, -0.15) is 0 Å². The highest BCUT2D eigenvalue weighted by atomic mass is 19.2. The number of halogens is 2. The minimum atomic E-state index is -1.93. The third kappa shape index (κ3) is 7.54. The van der Waals surface area contributed by atoms with Crippen molar-refractivity contribution in [3.63, 3.8) is 0 Å². The van der Waals surface area contributed by atoms with Crippen molar-refractivity contribution in [3.8, 4) is 0 Å². The van der Waals surface area contributed by atoms with Crippen molar-refractivity contribution in [2.45, 2.75) is 51.2 Å². The van der Waals surface area contributed by atoms with E-state index in [1.165, 1.54) is 13.8 Å². The van der Waals surface area contributed by atoms with Gasteiger partial charge in [0.1, 0.15) is 18.4 Å². The van der Waals surface area contributed by atoms with Crippen molar-refractivity contribution in [1.29, 1.82) is 0 Å². The second-order valence-electron chi connectivity index (χ2n) is 4.98. The zero-order valence-corrected chi connectivity index (χ0v) is 12.9. The molecule has 0 spiro atoms. The predicted molar refractivity (Wildman–Crippen MR) is 74.2 cm³/mol. The van der Waals surface area contributed by atoms with Gasteiger partial charge >= 0.3 is 6.09 Å². The van der Waals surface area contributed by atoms with Crippen molar-refractivity contribution in [1.82, 2.24) is 0 Å². The number of primary amides is 1. The molecule has 4 N–H and O–H groups in total. The third-order valence-corrected chi connectivity index (χ3v) is 3.37. The molecule has 0 aromatic rings. The molecule has 3 atom stereocenters. The van der Waals surface area contributed by atoms with Crippen LogP contribution in [0.4, 0.5) is 13.6 Å². The molecule has 0 aromatic heterocycles. The molecule has 1 amide bonds. The Morgan fingerprint density at radius 2 is 1.90 bits per heavy atom. The Kier molecular flexibility index (Phi) is 8.68. The molecule has 0 saturated carbocycles. The van der Waals surface area contributed by atoms with Gasteiger partial charge in [0.15, 0.2) is 0 Å². The summed E-state index contributed by atoms with van der Waals surface area (Å²) in [7, 11) is 0. The van der Waals surface area contributed by atoms with Gasteiger partial charge in [-0.25, -0.2) is 13.6 Å². The lowest BCUT2D eigenvalue weighted by atomic mass is 10.0. The van der Waals surface area contributed by atoms with E-state index < -0.39 is 23.7 Å². The maximum absolute atomic E-state index is 14.3. The highest BCUT2D eigenvalue weighted by Crippen LogP contribution is 2.25. The molecule has 0 aliphatic rings. The first-order valence-electron chi connectivity index (χ1n) is 6.92. The smallest absolute Gasteiger partial charge is 0.404 e. The van der Waals surface area contributed by atoms with Crippen molar-refractivity contribution < 1.29 is 27.8 Å². The lowest BCUT2D eigenvalue weighted by Gasteiger charge is -2.32. The first-order chi connectivity index (χ1) is 9.69. The maximum Gasteiger partial charge on any atom is 0.404 e. The Morgan fingerprint density at radius 3 is 2.33 bits per heavy atom. The summed E-state index contributed by atoms with van der Waals surface area (Å²) >= 11 is 0. The number of hydrogen-bond donors (Lipinski definition) is 2. The van der Waals surface area contributed by atoms with Crippen molar-refractivity contribution in [3.05, 3.63) is 0 Å². The van der Waals surface area contributed by atoms with Crippen LogP contribution in [0, 0.1) is 0 Å². The van der Waals surface area contributed by atoms with Crippen LogP contribution in [0.25, 0.3) is 0 Å². The molecule has 21 heavy (non-hydrogen) atoms. The van der Waals surface area contributed by atoms with E-state index in [0.717, 1.165) is 0 Å². The van der Waals surface area contributed by atoms with Crippen LogP contribution in [0.2, 0.25) is 0 Å². The summed E-state index contributed by atoms with van der Waals surface area (Å²) in [5.74, 6) is -1.93. The lowest BCUT2D eigenvalue weighted by molar-refractivity contribution is -0.176. The summed E-state index contributed by atoms with van der Waals surface area (Å²) in [6, 6.07) is 0. The number of alkyl halides is 2. The predicted octanol–water partition coefficient (Wildman–Crippen LogP) is 1.66. The topological polar surface area (TPSA) is 96.8 Å². The standard InChI is InChI=1S/C13H26F2N2O4/c1-4-13(15,21-8-7-19-11(17)18)5-6-20-12(3,9-16)10(2)14/h10H,4-9,16H2,1-3H3,(H2,17,18). The lowest BCUT2D eigenvalue weighted by Crippen LogP contribution is -2.46. The minimum Gasteiger partial charge on any atom is -0.447 e. The molecule has 0 bridgehead atoms. The van der Waals surface area contributed by atoms with Gasteiger partial charge in [-0.3, -0.25) is 0 Å². The minimum absolute atomic E-state index is 0.0105. The van der Waals surface area contributed by atoms with Gasteiger partial charge < -0.3 is 25.7 Å². The van der Waals surface area contributed by atoms with Crippen LogP contribution in [-0.2, 0) is 14.2 Å². The second kappa shape index (κ2) is 9.11. The molecule has 0 rings (SSSR count). The van der Waals surface area contributed by atoms with Gasteiger partial charge in [0.05, 0.1) is 13.2 Å². The van der Waals surface area contributed by atoms with E-state index in [2.05, 4.69) is 4.74 Å². The van der Waals surface area contributed by atoms with Crippen LogP contribution in [0.5, 0.6) is 0 Å². The average molecular weight is 312 g/mol. The fraction of sp³-hybridized carbons (Fsp3) is 0.923. The fourth-order valence-corrected chi connectivity index (χ4v) is 1.49. The van der Waals surface area contributed by atoms with Crippen LogP contribution in [0.15, 0.2) is 0 Å². The highest BCUT2D eigenvalue weighted by molar-refractivity contribution is 5.64. The zero-order chi connectivity index (χ0) is 16.5. The van der Waals surface area contributed by atoms with E-state index in [-0.39, 0.29) is 39.2 Å². The van der Waals surface area contributed by atoms with Crippen LogP contribution in [0.1, 0.15) is 33.6 Å². The Hall–Kier alpha value is -0.990. The SMILES string of the molecule is CCC(F)(CCOC(C)(CN)C(C)F)OCCOC(N)=O. The molecule has 0 fully saturated rings. The van der Waals surface area contributed by atoms with Gasteiger partial charge in [-0.1, -0.05) is 6.92 Å².